The molecule has 0 saturated heterocycles. The van der Waals surface area contributed by atoms with E-state index in [-0.39, 0.29) is 11.3 Å². The molecule has 0 unspecified atom stereocenters. The highest BCUT2D eigenvalue weighted by Crippen LogP contribution is 2.15. The minimum Gasteiger partial charge on any atom is -0.478 e. The van der Waals surface area contributed by atoms with Crippen LogP contribution < -0.4 is 0 Å². The number of aromatic nitrogens is 2. The SMILES string of the molecule is O=C(O)c1cnn(-c2ccc([N+](=O)[O-])cc2)c1. The summed E-state index contributed by atoms with van der Waals surface area (Å²) in [5, 5.41) is 23.0. The van der Waals surface area contributed by atoms with Gasteiger partial charge >= 0.3 is 5.97 Å². The summed E-state index contributed by atoms with van der Waals surface area (Å²) in [6.45, 7) is 0. The Morgan fingerprint density at radius 2 is 2.00 bits per heavy atom. The number of rotatable bonds is 3. The van der Waals surface area contributed by atoms with E-state index in [1.165, 1.54) is 41.3 Å². The monoisotopic (exact) mass is 233 g/mol. The van der Waals surface area contributed by atoms with Crippen molar-refractivity contribution >= 4 is 11.7 Å². The highest BCUT2D eigenvalue weighted by Gasteiger charge is 2.08. The molecule has 0 amide bonds. The van der Waals surface area contributed by atoms with Crippen LogP contribution in [0.4, 0.5) is 5.69 Å². The van der Waals surface area contributed by atoms with Crippen LogP contribution in [0, 0.1) is 10.1 Å². The first-order chi connectivity index (χ1) is 8.08. The molecule has 0 aliphatic rings. The number of nitrogens with zero attached hydrogens (tertiary/aromatic N) is 3. The second-order valence-corrected chi connectivity index (χ2v) is 3.25. The third kappa shape index (κ3) is 2.12. The number of hydrogen-bond donors (Lipinski definition) is 1. The van der Waals surface area contributed by atoms with Crippen molar-refractivity contribution in [1.82, 2.24) is 9.78 Å². The molecule has 0 aliphatic heterocycles. The summed E-state index contributed by atoms with van der Waals surface area (Å²) in [5.74, 6) is -1.07. The molecule has 7 nitrogen and oxygen atoms in total. The molecule has 2 rings (SSSR count). The predicted molar refractivity (Wildman–Crippen MR) is 57.2 cm³/mol. The average Bonchev–Trinajstić information content (AvgIpc) is 2.78. The van der Waals surface area contributed by atoms with Gasteiger partial charge in [0.15, 0.2) is 0 Å². The second-order valence-electron chi connectivity index (χ2n) is 3.25. The van der Waals surface area contributed by atoms with Gasteiger partial charge in [-0.1, -0.05) is 0 Å². The third-order valence-electron chi connectivity index (χ3n) is 2.15. The van der Waals surface area contributed by atoms with Crippen molar-refractivity contribution in [2.75, 3.05) is 0 Å². The zero-order valence-corrected chi connectivity index (χ0v) is 8.48. The molecular weight excluding hydrogens is 226 g/mol. The number of carbonyl (C=O) groups is 1. The van der Waals surface area contributed by atoms with E-state index >= 15 is 0 Å². The van der Waals surface area contributed by atoms with E-state index < -0.39 is 10.9 Å². The summed E-state index contributed by atoms with van der Waals surface area (Å²) in [6, 6.07) is 5.66. The molecule has 1 aromatic carbocycles. The summed E-state index contributed by atoms with van der Waals surface area (Å²) >= 11 is 0. The zero-order valence-electron chi connectivity index (χ0n) is 8.48. The molecule has 0 radical (unpaired) electrons. The van der Waals surface area contributed by atoms with Gasteiger partial charge in [0.1, 0.15) is 0 Å². The average molecular weight is 233 g/mol. The lowest BCUT2D eigenvalue weighted by molar-refractivity contribution is -0.384. The fourth-order valence-electron chi connectivity index (χ4n) is 1.30. The van der Waals surface area contributed by atoms with E-state index in [9.17, 15) is 14.9 Å². The Labute approximate surface area is 95.1 Å². The molecule has 0 saturated carbocycles. The highest BCUT2D eigenvalue weighted by molar-refractivity contribution is 5.86. The van der Waals surface area contributed by atoms with Gasteiger partial charge in [0.25, 0.3) is 5.69 Å². The van der Waals surface area contributed by atoms with Crippen molar-refractivity contribution in [2.45, 2.75) is 0 Å². The number of carboxylic acids is 1. The van der Waals surface area contributed by atoms with Gasteiger partial charge in [-0.2, -0.15) is 5.10 Å². The van der Waals surface area contributed by atoms with Gasteiger partial charge in [-0.3, -0.25) is 10.1 Å². The first-order valence-electron chi connectivity index (χ1n) is 4.61. The van der Waals surface area contributed by atoms with Crippen molar-refractivity contribution in [3.05, 3.63) is 52.3 Å². The molecule has 0 atom stereocenters. The lowest BCUT2D eigenvalue weighted by Gasteiger charge is -1.99. The lowest BCUT2D eigenvalue weighted by atomic mass is 10.3. The van der Waals surface area contributed by atoms with Crippen LogP contribution in [0.5, 0.6) is 0 Å². The molecule has 0 spiro atoms. The summed E-state index contributed by atoms with van der Waals surface area (Å²) < 4.78 is 1.34. The third-order valence-corrected chi connectivity index (χ3v) is 2.15. The van der Waals surface area contributed by atoms with Gasteiger partial charge in [0.05, 0.1) is 22.4 Å². The molecule has 86 valence electrons. The number of non-ortho nitro benzene ring substituents is 1. The van der Waals surface area contributed by atoms with Gasteiger partial charge in [-0.15, -0.1) is 0 Å². The van der Waals surface area contributed by atoms with Crippen LogP contribution >= 0.6 is 0 Å². The van der Waals surface area contributed by atoms with E-state index in [2.05, 4.69) is 5.10 Å². The van der Waals surface area contributed by atoms with Crippen LogP contribution in [0.2, 0.25) is 0 Å². The minimum absolute atomic E-state index is 0.0284. The number of carboxylic acid groups (broad SMARTS) is 1. The van der Waals surface area contributed by atoms with Gasteiger partial charge in [0.2, 0.25) is 0 Å². The number of aromatic carboxylic acids is 1. The Hall–Kier alpha value is -2.70. The Bertz CT molecular complexity index is 573. The van der Waals surface area contributed by atoms with Gasteiger partial charge < -0.3 is 5.11 Å². The largest absolute Gasteiger partial charge is 0.478 e. The molecular formula is C10H7N3O4. The molecule has 7 heteroatoms. The summed E-state index contributed by atoms with van der Waals surface area (Å²) in [4.78, 5) is 20.6. The normalized spacial score (nSPS) is 10.1. The van der Waals surface area contributed by atoms with Gasteiger partial charge in [-0.05, 0) is 12.1 Å². The topological polar surface area (TPSA) is 98.3 Å². The van der Waals surface area contributed by atoms with Crippen LogP contribution in [-0.2, 0) is 0 Å². The zero-order chi connectivity index (χ0) is 12.4. The lowest BCUT2D eigenvalue weighted by Crippen LogP contribution is -1.96. The van der Waals surface area contributed by atoms with Crippen LogP contribution in [0.25, 0.3) is 5.69 Å². The van der Waals surface area contributed by atoms with Crippen LogP contribution in [-0.4, -0.2) is 25.8 Å². The van der Waals surface area contributed by atoms with Gasteiger partial charge in [-0.25, -0.2) is 9.48 Å². The van der Waals surface area contributed by atoms with Crippen LogP contribution in [0.15, 0.2) is 36.7 Å². The van der Waals surface area contributed by atoms with E-state index in [0.717, 1.165) is 0 Å². The van der Waals surface area contributed by atoms with E-state index in [1.807, 2.05) is 0 Å². The van der Waals surface area contributed by atoms with Crippen LogP contribution in [0.1, 0.15) is 10.4 Å². The fourth-order valence-corrected chi connectivity index (χ4v) is 1.30. The number of hydrogen-bond acceptors (Lipinski definition) is 4. The number of benzene rings is 1. The Balaban J connectivity index is 2.33. The maximum Gasteiger partial charge on any atom is 0.338 e. The first kappa shape index (κ1) is 10.8. The second kappa shape index (κ2) is 4.05. The maximum atomic E-state index is 10.6. The van der Waals surface area contributed by atoms with Gasteiger partial charge in [0, 0.05) is 18.3 Å². The summed E-state index contributed by atoms with van der Waals surface area (Å²) in [5.41, 5.74) is 0.589. The molecule has 0 bridgehead atoms. The molecule has 1 heterocycles. The number of nitro groups is 1. The Morgan fingerprint density at radius 3 is 2.47 bits per heavy atom. The maximum absolute atomic E-state index is 10.6. The summed E-state index contributed by atoms with van der Waals surface area (Å²) in [6.07, 6.45) is 2.55. The number of nitro benzene ring substituents is 1. The summed E-state index contributed by atoms with van der Waals surface area (Å²) in [7, 11) is 0. The predicted octanol–water partition coefficient (Wildman–Crippen LogP) is 1.48. The van der Waals surface area contributed by atoms with Crippen molar-refractivity contribution in [2.24, 2.45) is 0 Å². The standard InChI is InChI=1S/C10H7N3O4/c14-10(15)7-5-11-12(6-7)8-1-3-9(4-2-8)13(16)17/h1-6H,(H,14,15). The molecule has 0 aliphatic carbocycles. The molecule has 1 N–H and O–H groups in total. The van der Waals surface area contributed by atoms with E-state index in [4.69, 9.17) is 5.11 Å². The fraction of sp³-hybridized carbons (Fsp3) is 0. The smallest absolute Gasteiger partial charge is 0.338 e. The molecule has 0 fully saturated rings. The Kier molecular flexibility index (Phi) is 2.57. The highest BCUT2D eigenvalue weighted by atomic mass is 16.6. The van der Waals surface area contributed by atoms with E-state index in [1.54, 1.807) is 0 Å². The van der Waals surface area contributed by atoms with Crippen molar-refractivity contribution in [3.8, 4) is 5.69 Å². The Morgan fingerprint density at radius 1 is 1.35 bits per heavy atom. The van der Waals surface area contributed by atoms with Crippen molar-refractivity contribution < 1.29 is 14.8 Å². The van der Waals surface area contributed by atoms with Crippen molar-refractivity contribution in [1.29, 1.82) is 0 Å². The van der Waals surface area contributed by atoms with E-state index in [0.29, 0.717) is 5.69 Å². The minimum atomic E-state index is -1.07. The quantitative estimate of drug-likeness (QED) is 0.639. The molecule has 1 aromatic heterocycles. The van der Waals surface area contributed by atoms with Crippen molar-refractivity contribution in [3.63, 3.8) is 0 Å². The van der Waals surface area contributed by atoms with Crippen LogP contribution in [0.3, 0.4) is 0 Å². The molecule has 17 heavy (non-hydrogen) atoms. The first-order valence-corrected chi connectivity index (χ1v) is 4.61. The molecule has 2 aromatic rings.